The molecule has 0 amide bonds. The van der Waals surface area contributed by atoms with E-state index in [9.17, 15) is 0 Å². The Kier molecular flexibility index (Phi) is 6.23. The van der Waals surface area contributed by atoms with Gasteiger partial charge in [-0.3, -0.25) is 0 Å². The van der Waals surface area contributed by atoms with Crippen LogP contribution in [-0.2, 0) is 6.42 Å². The summed E-state index contributed by atoms with van der Waals surface area (Å²) in [6.45, 7) is 4.95. The summed E-state index contributed by atoms with van der Waals surface area (Å²) >= 11 is 5.46. The Hall–Kier alpha value is -2.27. The number of hydrogen-bond acceptors (Lipinski definition) is 4. The van der Waals surface area contributed by atoms with Crippen molar-refractivity contribution in [3.05, 3.63) is 48.0 Å². The first kappa shape index (κ1) is 17.1. The number of benzene rings is 2. The van der Waals surface area contributed by atoms with Gasteiger partial charge in [0.05, 0.1) is 29.6 Å². The van der Waals surface area contributed by atoms with Gasteiger partial charge in [0, 0.05) is 18.6 Å². The van der Waals surface area contributed by atoms with Gasteiger partial charge in [0.15, 0.2) is 0 Å². The summed E-state index contributed by atoms with van der Waals surface area (Å²) in [5.74, 6) is 1.30. The van der Waals surface area contributed by atoms with Crippen molar-refractivity contribution in [2.45, 2.75) is 20.3 Å². The van der Waals surface area contributed by atoms with E-state index in [1.54, 1.807) is 6.07 Å². The van der Waals surface area contributed by atoms with Crippen LogP contribution >= 0.6 is 12.2 Å². The summed E-state index contributed by atoms with van der Waals surface area (Å²) in [5, 5.41) is 3.24. The Labute approximate surface area is 142 Å². The predicted molar refractivity (Wildman–Crippen MR) is 99.6 cm³/mol. The molecule has 0 aliphatic heterocycles. The number of hydrogen-bond donors (Lipinski definition) is 2. The summed E-state index contributed by atoms with van der Waals surface area (Å²) in [4.78, 5) is 0.712. The Morgan fingerprint density at radius 1 is 1.04 bits per heavy atom. The predicted octanol–water partition coefficient (Wildman–Crippen LogP) is 4.05. The van der Waals surface area contributed by atoms with Gasteiger partial charge in [0.2, 0.25) is 0 Å². The zero-order valence-electron chi connectivity index (χ0n) is 13.5. The highest BCUT2D eigenvalue weighted by Crippen LogP contribution is 2.35. The standard InChI is InChI=1S/C18H22N2O2S/c1-3-21-16-12-15(17(22-4-2)11-14(16)19)20-18(23)10-13-8-6-5-7-9-13/h5-9,11-12H,3-4,10,19H2,1-2H3,(H,20,23). The van der Waals surface area contributed by atoms with Crippen LogP contribution in [0.4, 0.5) is 11.4 Å². The number of nitrogens with one attached hydrogen (secondary N) is 1. The van der Waals surface area contributed by atoms with E-state index in [4.69, 9.17) is 27.4 Å². The van der Waals surface area contributed by atoms with Crippen molar-refractivity contribution in [3.8, 4) is 11.5 Å². The summed E-state index contributed by atoms with van der Waals surface area (Å²) < 4.78 is 11.2. The summed E-state index contributed by atoms with van der Waals surface area (Å²) in [6.07, 6.45) is 0.663. The monoisotopic (exact) mass is 330 g/mol. The highest BCUT2D eigenvalue weighted by molar-refractivity contribution is 7.80. The number of thiocarbonyl (C=S) groups is 1. The lowest BCUT2D eigenvalue weighted by atomic mass is 10.1. The van der Waals surface area contributed by atoms with Crippen LogP contribution in [-0.4, -0.2) is 18.2 Å². The molecule has 0 saturated heterocycles. The fraction of sp³-hybridized carbons (Fsp3) is 0.278. The molecule has 4 nitrogen and oxygen atoms in total. The minimum absolute atomic E-state index is 0.548. The fourth-order valence-electron chi connectivity index (χ4n) is 2.20. The lowest BCUT2D eigenvalue weighted by Gasteiger charge is -2.16. The van der Waals surface area contributed by atoms with Gasteiger partial charge in [-0.15, -0.1) is 0 Å². The van der Waals surface area contributed by atoms with Gasteiger partial charge in [-0.2, -0.15) is 0 Å². The third kappa shape index (κ3) is 4.86. The van der Waals surface area contributed by atoms with E-state index < -0.39 is 0 Å². The van der Waals surface area contributed by atoms with Gasteiger partial charge in [-0.25, -0.2) is 0 Å². The van der Waals surface area contributed by atoms with Crippen LogP contribution < -0.4 is 20.5 Å². The fourth-order valence-corrected chi connectivity index (χ4v) is 2.48. The van der Waals surface area contributed by atoms with E-state index >= 15 is 0 Å². The van der Waals surface area contributed by atoms with Gasteiger partial charge < -0.3 is 20.5 Å². The molecule has 0 saturated carbocycles. The molecule has 0 atom stereocenters. The maximum absolute atomic E-state index is 6.00. The molecule has 0 heterocycles. The van der Waals surface area contributed by atoms with Crippen LogP contribution in [0.2, 0.25) is 0 Å². The molecule has 3 N–H and O–H groups in total. The maximum Gasteiger partial charge on any atom is 0.145 e. The molecule has 5 heteroatoms. The van der Waals surface area contributed by atoms with Gasteiger partial charge in [0.1, 0.15) is 11.5 Å². The smallest absolute Gasteiger partial charge is 0.145 e. The number of nitrogens with two attached hydrogens (primary N) is 1. The van der Waals surface area contributed by atoms with Gasteiger partial charge >= 0.3 is 0 Å². The molecule has 0 fully saturated rings. The first-order valence-electron chi connectivity index (χ1n) is 7.67. The molecule has 0 radical (unpaired) electrons. The molecule has 0 bridgehead atoms. The first-order chi connectivity index (χ1) is 11.1. The Bertz CT molecular complexity index is 660. The highest BCUT2D eigenvalue weighted by atomic mass is 32.1. The van der Waals surface area contributed by atoms with Crippen molar-refractivity contribution >= 4 is 28.6 Å². The first-order valence-corrected chi connectivity index (χ1v) is 8.07. The average molecular weight is 330 g/mol. The molecule has 122 valence electrons. The van der Waals surface area contributed by atoms with Crippen molar-refractivity contribution in [1.82, 2.24) is 0 Å². The van der Waals surface area contributed by atoms with Crippen molar-refractivity contribution in [1.29, 1.82) is 0 Å². The second-order valence-corrected chi connectivity index (χ2v) is 5.46. The normalized spacial score (nSPS) is 10.2. The van der Waals surface area contributed by atoms with Crippen LogP contribution in [0.1, 0.15) is 19.4 Å². The van der Waals surface area contributed by atoms with Crippen molar-refractivity contribution < 1.29 is 9.47 Å². The Balaban J connectivity index is 2.19. The Morgan fingerprint density at radius 3 is 2.35 bits per heavy atom. The van der Waals surface area contributed by atoms with Crippen LogP contribution in [0.25, 0.3) is 0 Å². The van der Waals surface area contributed by atoms with Gasteiger partial charge in [-0.05, 0) is 19.4 Å². The van der Waals surface area contributed by atoms with Crippen LogP contribution in [0.5, 0.6) is 11.5 Å². The summed E-state index contributed by atoms with van der Waals surface area (Å²) in [5.41, 5.74) is 8.47. The van der Waals surface area contributed by atoms with E-state index in [1.807, 2.05) is 50.2 Å². The highest BCUT2D eigenvalue weighted by Gasteiger charge is 2.11. The average Bonchev–Trinajstić information content (AvgIpc) is 2.53. The lowest BCUT2D eigenvalue weighted by molar-refractivity contribution is 0.333. The van der Waals surface area contributed by atoms with Crippen molar-refractivity contribution in [3.63, 3.8) is 0 Å². The van der Waals surface area contributed by atoms with Crippen LogP contribution in [0, 0.1) is 0 Å². The van der Waals surface area contributed by atoms with E-state index in [0.29, 0.717) is 41.8 Å². The molecule has 2 aromatic carbocycles. The van der Waals surface area contributed by atoms with Gasteiger partial charge in [0.25, 0.3) is 0 Å². The number of ether oxygens (including phenoxy) is 2. The molecule has 23 heavy (non-hydrogen) atoms. The Morgan fingerprint density at radius 2 is 1.70 bits per heavy atom. The quantitative estimate of drug-likeness (QED) is 0.592. The van der Waals surface area contributed by atoms with Crippen molar-refractivity contribution in [2.75, 3.05) is 24.3 Å². The molecule has 0 aliphatic rings. The zero-order valence-corrected chi connectivity index (χ0v) is 14.3. The minimum atomic E-state index is 0.548. The van der Waals surface area contributed by atoms with Gasteiger partial charge in [-0.1, -0.05) is 42.5 Å². The molecule has 0 aromatic heterocycles. The second kappa shape index (κ2) is 8.39. The number of nitrogen functional groups attached to an aromatic ring is 1. The zero-order chi connectivity index (χ0) is 16.7. The molecule has 2 rings (SSSR count). The summed E-state index contributed by atoms with van der Waals surface area (Å²) in [6, 6.07) is 13.7. The SMILES string of the molecule is CCOc1cc(NC(=S)Cc2ccccc2)c(OCC)cc1N. The molecule has 0 spiro atoms. The van der Waals surface area contributed by atoms with E-state index in [0.717, 1.165) is 11.3 Å². The molecular formula is C18H22N2O2S. The number of anilines is 2. The number of rotatable bonds is 7. The van der Waals surface area contributed by atoms with Crippen molar-refractivity contribution in [2.24, 2.45) is 0 Å². The second-order valence-electron chi connectivity index (χ2n) is 4.96. The minimum Gasteiger partial charge on any atom is -0.492 e. The van der Waals surface area contributed by atoms with Crippen LogP contribution in [0.15, 0.2) is 42.5 Å². The maximum atomic E-state index is 6.00. The lowest BCUT2D eigenvalue weighted by Crippen LogP contribution is -2.13. The molecule has 2 aromatic rings. The van der Waals surface area contributed by atoms with E-state index in [1.165, 1.54) is 0 Å². The van der Waals surface area contributed by atoms with Crippen LogP contribution in [0.3, 0.4) is 0 Å². The van der Waals surface area contributed by atoms with E-state index in [2.05, 4.69) is 5.32 Å². The molecule has 0 unspecified atom stereocenters. The topological polar surface area (TPSA) is 56.5 Å². The summed E-state index contributed by atoms with van der Waals surface area (Å²) in [7, 11) is 0. The molecule has 0 aliphatic carbocycles. The third-order valence-corrected chi connectivity index (χ3v) is 3.44. The molecular weight excluding hydrogens is 308 g/mol. The van der Waals surface area contributed by atoms with E-state index in [-0.39, 0.29) is 0 Å². The third-order valence-electron chi connectivity index (χ3n) is 3.19. The largest absolute Gasteiger partial charge is 0.492 e.